The first-order chi connectivity index (χ1) is 8.70. The van der Waals surface area contributed by atoms with E-state index in [1.54, 1.807) is 0 Å². The van der Waals surface area contributed by atoms with Crippen molar-refractivity contribution in [3.8, 4) is 0 Å². The Kier molecular flexibility index (Phi) is 4.39. The zero-order valence-electron chi connectivity index (χ0n) is 10.7. The highest BCUT2D eigenvalue weighted by atomic mass is 35.5. The molecule has 0 amide bonds. The first-order valence-electron chi connectivity index (χ1n) is 6.20. The minimum Gasteiger partial charge on any atom is -0.306 e. The van der Waals surface area contributed by atoms with E-state index in [4.69, 9.17) is 11.6 Å². The van der Waals surface area contributed by atoms with Crippen LogP contribution in [0.15, 0.2) is 36.7 Å². The first kappa shape index (κ1) is 13.1. The smallest absolute Gasteiger partial charge is 0.0534 e. The quantitative estimate of drug-likeness (QED) is 0.896. The fourth-order valence-electron chi connectivity index (χ4n) is 1.88. The molecule has 0 unspecified atom stereocenters. The van der Waals surface area contributed by atoms with Gasteiger partial charge < -0.3 is 5.32 Å². The first-order valence-corrected chi connectivity index (χ1v) is 6.57. The molecule has 1 N–H and O–H groups in total. The predicted octanol–water partition coefficient (Wildman–Crippen LogP) is 3.41. The average molecular weight is 264 g/mol. The third-order valence-corrected chi connectivity index (χ3v) is 3.34. The molecule has 0 saturated carbocycles. The van der Waals surface area contributed by atoms with Gasteiger partial charge in [0.05, 0.1) is 6.20 Å². The number of nitrogens with one attached hydrogen (secondary N) is 1. The minimum absolute atomic E-state index is 0.226. The van der Waals surface area contributed by atoms with Crippen molar-refractivity contribution in [1.82, 2.24) is 15.1 Å². The van der Waals surface area contributed by atoms with Crippen LogP contribution in [0.1, 0.15) is 31.0 Å². The lowest BCUT2D eigenvalue weighted by molar-refractivity contribution is 0.574. The lowest BCUT2D eigenvalue weighted by Crippen LogP contribution is -2.18. The predicted molar refractivity (Wildman–Crippen MR) is 74.6 cm³/mol. The van der Waals surface area contributed by atoms with Crippen LogP contribution >= 0.6 is 11.6 Å². The third kappa shape index (κ3) is 3.12. The molecule has 0 saturated heterocycles. The van der Waals surface area contributed by atoms with E-state index in [2.05, 4.69) is 36.5 Å². The SMILES string of the molecule is CCn1cc(CN[C@@H](C)c2ccccc2Cl)cn1. The molecular formula is C14H18ClN3. The van der Waals surface area contributed by atoms with Gasteiger partial charge in [0.2, 0.25) is 0 Å². The monoisotopic (exact) mass is 263 g/mol. The van der Waals surface area contributed by atoms with E-state index < -0.39 is 0 Å². The standard InChI is InChI=1S/C14H18ClN3/c1-3-18-10-12(9-17-18)8-16-11(2)13-6-4-5-7-14(13)15/h4-7,9-11,16H,3,8H2,1-2H3/t11-/m0/s1. The van der Waals surface area contributed by atoms with Crippen LogP contribution in [0.2, 0.25) is 5.02 Å². The van der Waals surface area contributed by atoms with E-state index in [0.717, 1.165) is 23.7 Å². The Morgan fingerprint density at radius 3 is 2.83 bits per heavy atom. The van der Waals surface area contributed by atoms with Crippen LogP contribution in [0, 0.1) is 0 Å². The van der Waals surface area contributed by atoms with Crippen molar-refractivity contribution in [2.24, 2.45) is 0 Å². The second kappa shape index (κ2) is 6.03. The van der Waals surface area contributed by atoms with Gasteiger partial charge in [-0.25, -0.2) is 0 Å². The van der Waals surface area contributed by atoms with Gasteiger partial charge in [-0.15, -0.1) is 0 Å². The molecule has 1 atom stereocenters. The number of rotatable bonds is 5. The number of hydrogen-bond acceptors (Lipinski definition) is 2. The Morgan fingerprint density at radius 2 is 2.17 bits per heavy atom. The van der Waals surface area contributed by atoms with Crippen molar-refractivity contribution < 1.29 is 0 Å². The van der Waals surface area contributed by atoms with Crippen molar-refractivity contribution in [1.29, 1.82) is 0 Å². The van der Waals surface area contributed by atoms with Gasteiger partial charge in [-0.2, -0.15) is 5.10 Å². The van der Waals surface area contributed by atoms with Gasteiger partial charge >= 0.3 is 0 Å². The van der Waals surface area contributed by atoms with Crippen molar-refractivity contribution in [2.45, 2.75) is 33.0 Å². The van der Waals surface area contributed by atoms with Crippen LogP contribution in [-0.2, 0) is 13.1 Å². The fourth-order valence-corrected chi connectivity index (χ4v) is 2.18. The second-order valence-corrected chi connectivity index (χ2v) is 4.74. The van der Waals surface area contributed by atoms with Gasteiger partial charge in [0, 0.05) is 35.9 Å². The molecule has 0 bridgehead atoms. The number of aromatic nitrogens is 2. The van der Waals surface area contributed by atoms with E-state index in [-0.39, 0.29) is 6.04 Å². The van der Waals surface area contributed by atoms with Gasteiger partial charge in [0.25, 0.3) is 0 Å². The largest absolute Gasteiger partial charge is 0.306 e. The highest BCUT2D eigenvalue weighted by molar-refractivity contribution is 6.31. The Morgan fingerprint density at radius 1 is 1.39 bits per heavy atom. The molecule has 0 fully saturated rings. The van der Waals surface area contributed by atoms with E-state index >= 15 is 0 Å². The molecule has 3 nitrogen and oxygen atoms in total. The summed E-state index contributed by atoms with van der Waals surface area (Å²) in [4.78, 5) is 0. The molecule has 96 valence electrons. The van der Waals surface area contributed by atoms with E-state index in [0.29, 0.717) is 0 Å². The van der Waals surface area contributed by atoms with Gasteiger partial charge in [-0.1, -0.05) is 29.8 Å². The lowest BCUT2D eigenvalue weighted by Gasteiger charge is -2.14. The zero-order valence-corrected chi connectivity index (χ0v) is 11.5. The summed E-state index contributed by atoms with van der Waals surface area (Å²) in [6, 6.07) is 8.15. The highest BCUT2D eigenvalue weighted by Gasteiger charge is 2.08. The van der Waals surface area contributed by atoms with Crippen LogP contribution in [0.5, 0.6) is 0 Å². The summed E-state index contributed by atoms with van der Waals surface area (Å²) in [6.45, 7) is 5.90. The summed E-state index contributed by atoms with van der Waals surface area (Å²) in [5.74, 6) is 0. The maximum atomic E-state index is 6.17. The maximum Gasteiger partial charge on any atom is 0.0534 e. The molecule has 0 spiro atoms. The molecule has 1 heterocycles. The molecular weight excluding hydrogens is 246 g/mol. The molecule has 0 radical (unpaired) electrons. The van der Waals surface area contributed by atoms with Crippen LogP contribution in [0.4, 0.5) is 0 Å². The summed E-state index contributed by atoms with van der Waals surface area (Å²) >= 11 is 6.17. The van der Waals surface area contributed by atoms with Crippen LogP contribution in [-0.4, -0.2) is 9.78 Å². The summed E-state index contributed by atoms with van der Waals surface area (Å²) in [7, 11) is 0. The number of aryl methyl sites for hydroxylation is 1. The maximum absolute atomic E-state index is 6.17. The van der Waals surface area contributed by atoms with Gasteiger partial charge in [0.1, 0.15) is 0 Å². The van der Waals surface area contributed by atoms with E-state index in [1.807, 2.05) is 29.1 Å². The van der Waals surface area contributed by atoms with Crippen molar-refractivity contribution in [3.63, 3.8) is 0 Å². The molecule has 1 aromatic heterocycles. The van der Waals surface area contributed by atoms with Crippen LogP contribution in [0.25, 0.3) is 0 Å². The molecule has 2 aromatic rings. The number of hydrogen-bond donors (Lipinski definition) is 1. The summed E-state index contributed by atoms with van der Waals surface area (Å²) in [5, 5.41) is 8.52. The topological polar surface area (TPSA) is 29.9 Å². The average Bonchev–Trinajstić information content (AvgIpc) is 2.84. The fraction of sp³-hybridized carbons (Fsp3) is 0.357. The third-order valence-electron chi connectivity index (χ3n) is 2.99. The molecule has 0 aliphatic rings. The number of halogens is 1. The Bertz CT molecular complexity index is 507. The van der Waals surface area contributed by atoms with Crippen molar-refractivity contribution in [2.75, 3.05) is 0 Å². The second-order valence-electron chi connectivity index (χ2n) is 4.33. The molecule has 0 aliphatic carbocycles. The summed E-state index contributed by atoms with van der Waals surface area (Å²) in [5.41, 5.74) is 2.32. The lowest BCUT2D eigenvalue weighted by atomic mass is 10.1. The van der Waals surface area contributed by atoms with Crippen LogP contribution in [0.3, 0.4) is 0 Å². The molecule has 1 aromatic carbocycles. The van der Waals surface area contributed by atoms with Crippen molar-refractivity contribution >= 4 is 11.6 Å². The molecule has 0 aliphatic heterocycles. The van der Waals surface area contributed by atoms with E-state index in [1.165, 1.54) is 5.56 Å². The van der Waals surface area contributed by atoms with Crippen LogP contribution < -0.4 is 5.32 Å². The van der Waals surface area contributed by atoms with Gasteiger partial charge in [0.15, 0.2) is 0 Å². The highest BCUT2D eigenvalue weighted by Crippen LogP contribution is 2.22. The Balaban J connectivity index is 1.96. The van der Waals surface area contributed by atoms with Crippen molar-refractivity contribution in [3.05, 3.63) is 52.8 Å². The Labute approximate surface area is 113 Å². The molecule has 4 heteroatoms. The van der Waals surface area contributed by atoms with Gasteiger partial charge in [-0.05, 0) is 25.5 Å². The van der Waals surface area contributed by atoms with Gasteiger partial charge in [-0.3, -0.25) is 4.68 Å². The molecule has 2 rings (SSSR count). The minimum atomic E-state index is 0.226. The number of benzene rings is 1. The summed E-state index contributed by atoms with van der Waals surface area (Å²) in [6.07, 6.45) is 3.96. The summed E-state index contributed by atoms with van der Waals surface area (Å²) < 4.78 is 1.93. The zero-order chi connectivity index (χ0) is 13.0. The number of nitrogens with zero attached hydrogens (tertiary/aromatic N) is 2. The Hall–Kier alpha value is -1.32. The van der Waals surface area contributed by atoms with E-state index in [9.17, 15) is 0 Å². The molecule has 18 heavy (non-hydrogen) atoms. The normalized spacial score (nSPS) is 12.6.